The molecule has 0 aliphatic carbocycles. The smallest absolute Gasteiger partial charge is 0.318 e. The minimum atomic E-state index is 0.0200. The Hall–Kier alpha value is -2.03. The van der Waals surface area contributed by atoms with Crippen LogP contribution in [0.3, 0.4) is 0 Å². The van der Waals surface area contributed by atoms with Gasteiger partial charge in [-0.2, -0.15) is 0 Å². The van der Waals surface area contributed by atoms with Gasteiger partial charge in [-0.15, -0.1) is 10.2 Å². The number of ether oxygens (including phenoxy) is 1. The number of likely N-dealkylation sites (tertiary alicyclic amines) is 2. The van der Waals surface area contributed by atoms with Gasteiger partial charge in [0.2, 0.25) is 0 Å². The monoisotopic (exact) mass is 429 g/mol. The Bertz CT molecular complexity index is 794. The molecule has 0 saturated carbocycles. The predicted molar refractivity (Wildman–Crippen MR) is 117 cm³/mol. The van der Waals surface area contributed by atoms with Gasteiger partial charge in [-0.1, -0.05) is 48.1 Å². The summed E-state index contributed by atoms with van der Waals surface area (Å²) in [6.07, 6.45) is 5.83. The SMILES string of the molecule is O=C(NCCN1CCCCC1)N1CCCC1c1nnc(COCc2ccccc2)s1. The maximum atomic E-state index is 12.7. The van der Waals surface area contributed by atoms with Gasteiger partial charge in [-0.05, 0) is 44.3 Å². The van der Waals surface area contributed by atoms with Crippen LogP contribution < -0.4 is 5.32 Å². The number of benzene rings is 1. The van der Waals surface area contributed by atoms with E-state index in [0.29, 0.717) is 19.8 Å². The number of carbonyl (C=O) groups is 1. The van der Waals surface area contributed by atoms with Gasteiger partial charge < -0.3 is 19.9 Å². The van der Waals surface area contributed by atoms with Crippen LogP contribution in [0.5, 0.6) is 0 Å². The number of nitrogens with one attached hydrogen (secondary N) is 1. The van der Waals surface area contributed by atoms with Crippen molar-refractivity contribution in [2.45, 2.75) is 51.4 Å². The highest BCUT2D eigenvalue weighted by Gasteiger charge is 2.32. The zero-order chi connectivity index (χ0) is 20.6. The maximum absolute atomic E-state index is 12.7. The summed E-state index contributed by atoms with van der Waals surface area (Å²) in [4.78, 5) is 17.1. The third-order valence-corrected chi connectivity index (χ3v) is 6.77. The molecule has 30 heavy (non-hydrogen) atoms. The molecular weight excluding hydrogens is 398 g/mol. The number of aromatic nitrogens is 2. The highest BCUT2D eigenvalue weighted by Crippen LogP contribution is 2.33. The van der Waals surface area contributed by atoms with Crippen molar-refractivity contribution in [1.82, 2.24) is 25.3 Å². The summed E-state index contributed by atoms with van der Waals surface area (Å²) < 4.78 is 5.78. The molecule has 4 rings (SSSR count). The van der Waals surface area contributed by atoms with Crippen molar-refractivity contribution in [3.05, 3.63) is 45.9 Å². The second kappa shape index (κ2) is 10.8. The number of hydrogen-bond acceptors (Lipinski definition) is 6. The Balaban J connectivity index is 1.24. The summed E-state index contributed by atoms with van der Waals surface area (Å²) >= 11 is 1.56. The normalized spacial score (nSPS) is 19.9. The Kier molecular flexibility index (Phi) is 7.66. The fraction of sp³-hybridized carbons (Fsp3) is 0.591. The van der Waals surface area contributed by atoms with Crippen molar-refractivity contribution in [1.29, 1.82) is 0 Å². The Morgan fingerprint density at radius 1 is 1.07 bits per heavy atom. The molecule has 0 spiro atoms. The maximum Gasteiger partial charge on any atom is 0.318 e. The lowest BCUT2D eigenvalue weighted by Crippen LogP contribution is -2.43. The van der Waals surface area contributed by atoms with E-state index in [9.17, 15) is 4.79 Å². The predicted octanol–water partition coefficient (Wildman–Crippen LogP) is 3.59. The second-order valence-corrected chi connectivity index (χ2v) is 9.09. The van der Waals surface area contributed by atoms with Crippen LogP contribution in [-0.4, -0.2) is 58.8 Å². The lowest BCUT2D eigenvalue weighted by Gasteiger charge is -2.27. The van der Waals surface area contributed by atoms with Gasteiger partial charge in [-0.3, -0.25) is 0 Å². The third-order valence-electron chi connectivity index (χ3n) is 5.77. The molecule has 2 saturated heterocycles. The van der Waals surface area contributed by atoms with E-state index in [0.717, 1.165) is 54.6 Å². The summed E-state index contributed by atoms with van der Waals surface area (Å²) in [6.45, 7) is 5.73. The molecule has 2 aliphatic rings. The van der Waals surface area contributed by atoms with Crippen LogP contribution in [-0.2, 0) is 18.0 Å². The molecule has 3 heterocycles. The number of carbonyl (C=O) groups excluding carboxylic acids is 1. The molecule has 1 unspecified atom stereocenters. The summed E-state index contributed by atoms with van der Waals surface area (Å²) in [7, 11) is 0. The van der Waals surface area contributed by atoms with Crippen molar-refractivity contribution >= 4 is 17.4 Å². The summed E-state index contributed by atoms with van der Waals surface area (Å²) in [5.74, 6) is 0. The summed E-state index contributed by atoms with van der Waals surface area (Å²) in [5, 5.41) is 13.5. The molecule has 0 radical (unpaired) electrons. The van der Waals surface area contributed by atoms with Gasteiger partial charge in [0.25, 0.3) is 0 Å². The van der Waals surface area contributed by atoms with Crippen LogP contribution in [0.25, 0.3) is 0 Å². The molecule has 1 atom stereocenters. The average Bonchev–Trinajstić information content (AvgIpc) is 3.45. The van der Waals surface area contributed by atoms with Crippen LogP contribution in [0.15, 0.2) is 30.3 Å². The first-order chi connectivity index (χ1) is 14.8. The van der Waals surface area contributed by atoms with E-state index in [2.05, 4.69) is 20.4 Å². The zero-order valence-corrected chi connectivity index (χ0v) is 18.3. The fourth-order valence-electron chi connectivity index (χ4n) is 4.16. The van der Waals surface area contributed by atoms with Gasteiger partial charge in [0.15, 0.2) is 0 Å². The van der Waals surface area contributed by atoms with E-state index >= 15 is 0 Å². The van der Waals surface area contributed by atoms with E-state index in [-0.39, 0.29) is 12.1 Å². The van der Waals surface area contributed by atoms with Crippen molar-refractivity contribution in [2.24, 2.45) is 0 Å². The molecule has 1 aromatic carbocycles. The van der Waals surface area contributed by atoms with Crippen molar-refractivity contribution in [3.63, 3.8) is 0 Å². The average molecular weight is 430 g/mol. The highest BCUT2D eigenvalue weighted by molar-refractivity contribution is 7.11. The third kappa shape index (κ3) is 5.77. The van der Waals surface area contributed by atoms with Crippen molar-refractivity contribution in [3.8, 4) is 0 Å². The van der Waals surface area contributed by atoms with Crippen LogP contribution >= 0.6 is 11.3 Å². The minimum Gasteiger partial charge on any atom is -0.370 e. The summed E-state index contributed by atoms with van der Waals surface area (Å²) in [5.41, 5.74) is 1.14. The number of amides is 2. The van der Waals surface area contributed by atoms with Crippen LogP contribution in [0.2, 0.25) is 0 Å². The van der Waals surface area contributed by atoms with E-state index < -0.39 is 0 Å². The highest BCUT2D eigenvalue weighted by atomic mass is 32.1. The quantitative estimate of drug-likeness (QED) is 0.694. The lowest BCUT2D eigenvalue weighted by atomic mass is 10.1. The second-order valence-electron chi connectivity index (χ2n) is 8.00. The number of nitrogens with zero attached hydrogens (tertiary/aromatic N) is 4. The first-order valence-electron chi connectivity index (χ1n) is 11.0. The topological polar surface area (TPSA) is 70.6 Å². The molecule has 162 valence electrons. The van der Waals surface area contributed by atoms with E-state index in [1.165, 1.54) is 19.3 Å². The zero-order valence-electron chi connectivity index (χ0n) is 17.5. The molecule has 2 fully saturated rings. The van der Waals surface area contributed by atoms with E-state index in [4.69, 9.17) is 4.74 Å². The molecular formula is C22H31N5O2S. The first kappa shape index (κ1) is 21.2. The summed E-state index contributed by atoms with van der Waals surface area (Å²) in [6, 6.07) is 10.2. The standard InChI is InChI=1S/C22H31N5O2S/c28-22(23-11-15-26-12-5-2-6-13-26)27-14-7-10-19(27)21-25-24-20(30-21)17-29-16-18-8-3-1-4-9-18/h1,3-4,8-9,19H,2,5-7,10-17H2,(H,23,28). The molecule has 2 aromatic rings. The van der Waals surface area contributed by atoms with E-state index in [1.54, 1.807) is 11.3 Å². The van der Waals surface area contributed by atoms with Gasteiger partial charge in [0.05, 0.1) is 12.6 Å². The Labute approximate surface area is 182 Å². The molecule has 8 heteroatoms. The van der Waals surface area contributed by atoms with Gasteiger partial charge >= 0.3 is 6.03 Å². The van der Waals surface area contributed by atoms with Crippen LogP contribution in [0.1, 0.15) is 53.7 Å². The van der Waals surface area contributed by atoms with Crippen LogP contribution in [0.4, 0.5) is 4.79 Å². The van der Waals surface area contributed by atoms with Crippen molar-refractivity contribution < 1.29 is 9.53 Å². The largest absolute Gasteiger partial charge is 0.370 e. The number of rotatable bonds is 8. The first-order valence-corrected chi connectivity index (χ1v) is 11.8. The Morgan fingerprint density at radius 2 is 1.90 bits per heavy atom. The molecule has 1 N–H and O–H groups in total. The molecule has 7 nitrogen and oxygen atoms in total. The number of piperidine rings is 1. The molecule has 2 amide bonds. The number of urea groups is 1. The van der Waals surface area contributed by atoms with Gasteiger partial charge in [0, 0.05) is 19.6 Å². The molecule has 0 bridgehead atoms. The molecule has 1 aromatic heterocycles. The van der Waals surface area contributed by atoms with Crippen LogP contribution in [0, 0.1) is 0 Å². The van der Waals surface area contributed by atoms with Gasteiger partial charge in [-0.25, -0.2) is 4.79 Å². The Morgan fingerprint density at radius 3 is 2.73 bits per heavy atom. The number of hydrogen-bond donors (Lipinski definition) is 1. The fourth-order valence-corrected chi connectivity index (χ4v) is 5.09. The molecule has 2 aliphatic heterocycles. The van der Waals surface area contributed by atoms with Crippen molar-refractivity contribution in [2.75, 3.05) is 32.7 Å². The van der Waals surface area contributed by atoms with E-state index in [1.807, 2.05) is 35.2 Å². The minimum absolute atomic E-state index is 0.0200. The van der Waals surface area contributed by atoms with Gasteiger partial charge in [0.1, 0.15) is 16.6 Å². The lowest BCUT2D eigenvalue weighted by molar-refractivity contribution is 0.106.